The predicted molar refractivity (Wildman–Crippen MR) is 146 cm³/mol. The van der Waals surface area contributed by atoms with Crippen LogP contribution in [0.15, 0.2) is 111 Å². The molecule has 6 rings (SSSR count). The first-order valence-electron chi connectivity index (χ1n) is 12.0. The van der Waals surface area contributed by atoms with Gasteiger partial charge in [0.1, 0.15) is 17.1 Å². The smallest absolute Gasteiger partial charge is 0.343 e. The predicted octanol–water partition coefficient (Wildman–Crippen LogP) is 7.41. The van der Waals surface area contributed by atoms with Gasteiger partial charge in [-0.1, -0.05) is 60.7 Å². The SMILES string of the molecule is COc1cccc2cc(-c3cc(=O)oc4cc(-c5ccccc5)c(OC(=O)c5ccccc5C)cc34)oc12. The van der Waals surface area contributed by atoms with Crippen LogP contribution in [0.2, 0.25) is 0 Å². The molecule has 6 nitrogen and oxygen atoms in total. The molecule has 186 valence electrons. The molecule has 0 amide bonds. The van der Waals surface area contributed by atoms with Crippen molar-refractivity contribution in [3.05, 3.63) is 119 Å². The van der Waals surface area contributed by atoms with Gasteiger partial charge in [-0.3, -0.25) is 0 Å². The number of rotatable bonds is 5. The minimum Gasteiger partial charge on any atom is -0.493 e. The van der Waals surface area contributed by atoms with Gasteiger partial charge in [-0.2, -0.15) is 0 Å². The molecule has 2 aromatic heterocycles. The number of methoxy groups -OCH3 is 1. The molecule has 0 radical (unpaired) electrons. The maximum atomic E-state index is 13.2. The van der Waals surface area contributed by atoms with E-state index in [1.165, 1.54) is 6.07 Å². The van der Waals surface area contributed by atoms with Crippen molar-refractivity contribution in [1.82, 2.24) is 0 Å². The average Bonchev–Trinajstić information content (AvgIpc) is 3.37. The minimum atomic E-state index is -0.524. The zero-order chi connectivity index (χ0) is 26.2. The van der Waals surface area contributed by atoms with Gasteiger partial charge in [-0.15, -0.1) is 0 Å². The fraction of sp³-hybridized carbons (Fsp3) is 0.0625. The average molecular weight is 503 g/mol. The summed E-state index contributed by atoms with van der Waals surface area (Å²) in [5, 5.41) is 1.39. The van der Waals surface area contributed by atoms with Crippen molar-refractivity contribution in [3.8, 4) is 33.9 Å². The van der Waals surface area contributed by atoms with Crippen LogP contribution in [-0.2, 0) is 0 Å². The summed E-state index contributed by atoms with van der Waals surface area (Å²) < 4.78 is 23.2. The van der Waals surface area contributed by atoms with Crippen molar-refractivity contribution in [3.63, 3.8) is 0 Å². The fourth-order valence-corrected chi connectivity index (χ4v) is 4.61. The van der Waals surface area contributed by atoms with E-state index in [-0.39, 0.29) is 0 Å². The molecule has 0 atom stereocenters. The molecular weight excluding hydrogens is 480 g/mol. The number of aryl methyl sites for hydroxylation is 1. The van der Waals surface area contributed by atoms with E-state index >= 15 is 0 Å². The third-order valence-electron chi connectivity index (χ3n) is 6.49. The van der Waals surface area contributed by atoms with Gasteiger partial charge in [-0.05, 0) is 48.4 Å². The lowest BCUT2D eigenvalue weighted by Crippen LogP contribution is -2.11. The molecule has 6 aromatic rings. The molecule has 6 heteroatoms. The number of furan rings is 1. The lowest BCUT2D eigenvalue weighted by molar-refractivity contribution is 0.0735. The van der Waals surface area contributed by atoms with Crippen LogP contribution >= 0.6 is 0 Å². The monoisotopic (exact) mass is 502 g/mol. The molecule has 0 aliphatic heterocycles. The van der Waals surface area contributed by atoms with Crippen LogP contribution in [0.5, 0.6) is 11.5 Å². The molecule has 38 heavy (non-hydrogen) atoms. The van der Waals surface area contributed by atoms with Gasteiger partial charge in [0.2, 0.25) is 0 Å². The van der Waals surface area contributed by atoms with E-state index in [0.717, 1.165) is 16.5 Å². The summed E-state index contributed by atoms with van der Waals surface area (Å²) in [7, 11) is 1.57. The van der Waals surface area contributed by atoms with Gasteiger partial charge < -0.3 is 18.3 Å². The zero-order valence-corrected chi connectivity index (χ0v) is 20.7. The molecule has 4 aromatic carbocycles. The van der Waals surface area contributed by atoms with E-state index in [0.29, 0.717) is 50.5 Å². The summed E-state index contributed by atoms with van der Waals surface area (Å²) in [4.78, 5) is 25.9. The third kappa shape index (κ3) is 4.12. The molecular formula is C32H22O6. The van der Waals surface area contributed by atoms with Gasteiger partial charge in [0.15, 0.2) is 11.3 Å². The van der Waals surface area contributed by atoms with Crippen LogP contribution in [0, 0.1) is 6.92 Å². The van der Waals surface area contributed by atoms with Crippen LogP contribution in [0.4, 0.5) is 0 Å². The van der Waals surface area contributed by atoms with Crippen molar-refractivity contribution in [2.45, 2.75) is 6.92 Å². The Labute approximate surface area is 217 Å². The quantitative estimate of drug-likeness (QED) is 0.139. The van der Waals surface area contributed by atoms with Crippen LogP contribution in [0.25, 0.3) is 44.4 Å². The number of carbonyl (C=O) groups is 1. The zero-order valence-electron chi connectivity index (χ0n) is 20.7. The molecule has 0 saturated carbocycles. The number of esters is 1. The highest BCUT2D eigenvalue weighted by molar-refractivity contribution is 6.00. The van der Waals surface area contributed by atoms with Crippen molar-refractivity contribution in [1.29, 1.82) is 0 Å². The van der Waals surface area contributed by atoms with Crippen LogP contribution in [0.1, 0.15) is 15.9 Å². The Bertz CT molecular complexity index is 1880. The standard InChI is InChI=1S/C32H22O6/c1-19-9-6-7-13-22(19)32(34)38-28-17-24-25(27-15-21-12-8-14-26(35-2)31(21)37-27)18-30(33)36-29(24)16-23(28)20-10-4-3-5-11-20/h3-18H,1-2H3. The number of ether oxygens (including phenoxy) is 2. The van der Waals surface area contributed by atoms with Crippen molar-refractivity contribution in [2.75, 3.05) is 7.11 Å². The first-order valence-corrected chi connectivity index (χ1v) is 12.0. The third-order valence-corrected chi connectivity index (χ3v) is 6.49. The number of fused-ring (bicyclic) bond motifs is 2. The van der Waals surface area contributed by atoms with E-state index in [2.05, 4.69) is 0 Å². The summed E-state index contributed by atoms with van der Waals surface area (Å²) in [5.74, 6) is 0.902. The van der Waals surface area contributed by atoms with E-state index in [9.17, 15) is 9.59 Å². The molecule has 0 fully saturated rings. The maximum Gasteiger partial charge on any atom is 0.343 e. The summed E-state index contributed by atoms with van der Waals surface area (Å²) in [6.07, 6.45) is 0. The van der Waals surface area contributed by atoms with E-state index < -0.39 is 11.6 Å². The molecule has 2 heterocycles. The Hall–Kier alpha value is -5.10. The largest absolute Gasteiger partial charge is 0.493 e. The van der Waals surface area contributed by atoms with Gasteiger partial charge >= 0.3 is 11.6 Å². The minimum absolute atomic E-state index is 0.334. The second-order valence-corrected chi connectivity index (χ2v) is 8.88. The maximum absolute atomic E-state index is 13.2. The summed E-state index contributed by atoms with van der Waals surface area (Å²) in [6.45, 7) is 1.86. The lowest BCUT2D eigenvalue weighted by atomic mass is 10.00. The van der Waals surface area contributed by atoms with Crippen LogP contribution in [-0.4, -0.2) is 13.1 Å². The first kappa shape index (κ1) is 23.3. The van der Waals surface area contributed by atoms with Gasteiger partial charge in [0.25, 0.3) is 0 Å². The van der Waals surface area contributed by atoms with Gasteiger partial charge in [0, 0.05) is 28.0 Å². The van der Waals surface area contributed by atoms with E-state index in [1.54, 1.807) is 31.4 Å². The fourth-order valence-electron chi connectivity index (χ4n) is 4.61. The van der Waals surface area contributed by atoms with Crippen molar-refractivity contribution < 1.29 is 23.1 Å². The molecule has 0 aliphatic carbocycles. The van der Waals surface area contributed by atoms with Crippen molar-refractivity contribution in [2.24, 2.45) is 0 Å². The Balaban J connectivity index is 1.57. The number of benzene rings is 4. The molecule has 0 N–H and O–H groups in total. The highest BCUT2D eigenvalue weighted by atomic mass is 16.5. The summed E-state index contributed by atoms with van der Waals surface area (Å²) in [6, 6.07) is 29.0. The van der Waals surface area contributed by atoms with E-state index in [4.69, 9.17) is 18.3 Å². The first-order chi connectivity index (χ1) is 18.5. The molecule has 0 unspecified atom stereocenters. The topological polar surface area (TPSA) is 78.9 Å². The number of hydrogen-bond donors (Lipinski definition) is 0. The van der Waals surface area contributed by atoms with E-state index in [1.807, 2.05) is 73.7 Å². The summed E-state index contributed by atoms with van der Waals surface area (Å²) >= 11 is 0. The van der Waals surface area contributed by atoms with Gasteiger partial charge in [-0.25, -0.2) is 9.59 Å². The Kier molecular flexibility index (Phi) is 5.77. The van der Waals surface area contributed by atoms with Crippen LogP contribution < -0.4 is 15.1 Å². The second kappa shape index (κ2) is 9.41. The Morgan fingerprint density at radius 2 is 1.55 bits per heavy atom. The molecule has 0 aliphatic rings. The normalized spacial score (nSPS) is 11.1. The number of para-hydroxylation sites is 1. The molecule has 0 spiro atoms. The Morgan fingerprint density at radius 1 is 0.763 bits per heavy atom. The van der Waals surface area contributed by atoms with Crippen molar-refractivity contribution >= 4 is 27.9 Å². The second-order valence-electron chi connectivity index (χ2n) is 8.88. The Morgan fingerprint density at radius 3 is 2.34 bits per heavy atom. The highest BCUT2D eigenvalue weighted by Crippen LogP contribution is 2.40. The highest BCUT2D eigenvalue weighted by Gasteiger charge is 2.20. The number of hydrogen-bond acceptors (Lipinski definition) is 6. The van der Waals surface area contributed by atoms with Gasteiger partial charge in [0.05, 0.1) is 12.7 Å². The number of carbonyl (C=O) groups excluding carboxylic acids is 1. The lowest BCUT2D eigenvalue weighted by Gasteiger charge is -2.14. The summed E-state index contributed by atoms with van der Waals surface area (Å²) in [5.41, 5.74) is 3.60. The van der Waals surface area contributed by atoms with Crippen LogP contribution in [0.3, 0.4) is 0 Å². The molecule has 0 saturated heterocycles. The molecule has 0 bridgehead atoms.